The van der Waals surface area contributed by atoms with Gasteiger partial charge in [-0.2, -0.15) is 0 Å². The predicted molar refractivity (Wildman–Crippen MR) is 80.6 cm³/mol. The monoisotopic (exact) mass is 304 g/mol. The van der Waals surface area contributed by atoms with Gasteiger partial charge in [0.05, 0.1) is 6.61 Å². The fraction of sp³-hybridized carbons (Fsp3) is 0.412. The Hall–Kier alpha value is -2.14. The molecule has 0 radical (unpaired) electrons. The van der Waals surface area contributed by atoms with Gasteiger partial charge in [0.15, 0.2) is 0 Å². The minimum Gasteiger partial charge on any atom is -0.419 e. The average molecular weight is 304 g/mol. The van der Waals surface area contributed by atoms with Gasteiger partial charge in [-0.15, -0.1) is 0 Å². The lowest BCUT2D eigenvalue weighted by Gasteiger charge is -2.29. The number of hydrogen-bond donors (Lipinski definition) is 0. The molecule has 1 aliphatic rings. The summed E-state index contributed by atoms with van der Waals surface area (Å²) < 4.78 is 15.6. The van der Waals surface area contributed by atoms with Crippen molar-refractivity contribution in [1.29, 1.82) is 0 Å². The molecule has 1 aromatic rings. The van der Waals surface area contributed by atoms with Gasteiger partial charge in [-0.1, -0.05) is 25.1 Å². The third-order valence-electron chi connectivity index (χ3n) is 3.00. The lowest BCUT2D eigenvalue weighted by Crippen LogP contribution is -2.41. The highest BCUT2D eigenvalue weighted by atomic mass is 16.7. The van der Waals surface area contributed by atoms with Gasteiger partial charge >= 0.3 is 11.9 Å². The molecule has 1 saturated heterocycles. The number of ether oxygens (including phenoxy) is 3. The van der Waals surface area contributed by atoms with E-state index >= 15 is 0 Å². The first kappa shape index (κ1) is 16.2. The van der Waals surface area contributed by atoms with E-state index in [1.54, 1.807) is 6.07 Å². The number of carbonyl (C=O) groups excluding carboxylic acids is 2. The molecule has 0 spiro atoms. The van der Waals surface area contributed by atoms with Crippen molar-refractivity contribution in [3.05, 3.63) is 41.0 Å². The second kappa shape index (κ2) is 6.75. The molecule has 0 N–H and O–H groups in total. The molecule has 5 nitrogen and oxygen atoms in total. The lowest BCUT2D eigenvalue weighted by atomic mass is 10.1. The quantitative estimate of drug-likeness (QED) is 0.362. The van der Waals surface area contributed by atoms with Gasteiger partial charge in [0.1, 0.15) is 5.57 Å². The third-order valence-corrected chi connectivity index (χ3v) is 3.00. The van der Waals surface area contributed by atoms with Crippen molar-refractivity contribution in [2.75, 3.05) is 6.61 Å². The van der Waals surface area contributed by atoms with Crippen LogP contribution in [0.15, 0.2) is 29.8 Å². The van der Waals surface area contributed by atoms with Gasteiger partial charge < -0.3 is 14.2 Å². The first-order chi connectivity index (χ1) is 10.4. The third kappa shape index (κ3) is 4.18. The Morgan fingerprint density at radius 2 is 1.86 bits per heavy atom. The van der Waals surface area contributed by atoms with Crippen molar-refractivity contribution in [2.24, 2.45) is 0 Å². The summed E-state index contributed by atoms with van der Waals surface area (Å²) in [7, 11) is 0. The molecule has 2 rings (SSSR count). The minimum absolute atomic E-state index is 0.106. The van der Waals surface area contributed by atoms with Gasteiger partial charge in [0.25, 0.3) is 5.79 Å². The number of cyclic esters (lactones) is 2. The van der Waals surface area contributed by atoms with Crippen molar-refractivity contribution in [1.82, 2.24) is 0 Å². The molecule has 1 aromatic carbocycles. The molecule has 1 heterocycles. The lowest BCUT2D eigenvalue weighted by molar-refractivity contribution is -0.222. The molecule has 5 heteroatoms. The zero-order valence-electron chi connectivity index (χ0n) is 13.0. The van der Waals surface area contributed by atoms with Crippen molar-refractivity contribution in [2.45, 2.75) is 39.6 Å². The van der Waals surface area contributed by atoms with Crippen LogP contribution >= 0.6 is 0 Å². The summed E-state index contributed by atoms with van der Waals surface area (Å²) in [6.07, 6.45) is 2.43. The maximum Gasteiger partial charge on any atom is 0.348 e. The maximum absolute atomic E-state index is 11.9. The van der Waals surface area contributed by atoms with E-state index in [0.717, 1.165) is 17.5 Å². The average Bonchev–Trinajstić information content (AvgIpc) is 2.43. The van der Waals surface area contributed by atoms with Crippen LogP contribution in [0.2, 0.25) is 0 Å². The molecule has 118 valence electrons. The first-order valence-electron chi connectivity index (χ1n) is 7.26. The Morgan fingerprint density at radius 3 is 2.50 bits per heavy atom. The Bertz CT molecular complexity index is 579. The van der Waals surface area contributed by atoms with Gasteiger partial charge in [-0.3, -0.25) is 0 Å². The smallest absolute Gasteiger partial charge is 0.348 e. The molecule has 0 aliphatic carbocycles. The topological polar surface area (TPSA) is 61.8 Å². The second-order valence-electron chi connectivity index (χ2n) is 5.53. The second-order valence-corrected chi connectivity index (χ2v) is 5.53. The molecular formula is C17H20O5. The van der Waals surface area contributed by atoms with E-state index in [2.05, 4.69) is 0 Å². The summed E-state index contributed by atoms with van der Waals surface area (Å²) in [6, 6.07) is 7.44. The Balaban J connectivity index is 2.16. The normalized spacial score (nSPS) is 17.0. The zero-order valence-corrected chi connectivity index (χ0v) is 13.0. The van der Waals surface area contributed by atoms with Crippen LogP contribution < -0.4 is 0 Å². The van der Waals surface area contributed by atoms with E-state index in [4.69, 9.17) is 14.2 Å². The van der Waals surface area contributed by atoms with Crippen molar-refractivity contribution in [3.63, 3.8) is 0 Å². The van der Waals surface area contributed by atoms with E-state index < -0.39 is 17.7 Å². The SMILES string of the molecule is CCCOCc1cccc(C=C2C(=O)OC(C)(C)OC2=O)c1. The zero-order chi connectivity index (χ0) is 16.2. The highest BCUT2D eigenvalue weighted by Gasteiger charge is 2.38. The number of esters is 2. The highest BCUT2D eigenvalue weighted by molar-refractivity contribution is 6.18. The molecule has 1 fully saturated rings. The van der Waals surface area contributed by atoms with Crippen LogP contribution in [0.25, 0.3) is 6.08 Å². The molecule has 0 unspecified atom stereocenters. The van der Waals surface area contributed by atoms with E-state index in [1.807, 2.05) is 25.1 Å². The van der Waals surface area contributed by atoms with Gasteiger partial charge in [-0.05, 0) is 29.7 Å². The number of rotatable bonds is 5. The molecular weight excluding hydrogens is 284 g/mol. The first-order valence-corrected chi connectivity index (χ1v) is 7.26. The standard InChI is InChI=1S/C17H20O5/c1-4-8-20-11-13-7-5-6-12(9-13)10-14-15(18)21-17(2,3)22-16(14)19/h5-7,9-10H,4,8,11H2,1-3H3. The summed E-state index contributed by atoms with van der Waals surface area (Å²) in [5, 5.41) is 0. The number of hydrogen-bond acceptors (Lipinski definition) is 5. The Labute approximate surface area is 129 Å². The molecule has 1 aliphatic heterocycles. The Morgan fingerprint density at radius 1 is 1.18 bits per heavy atom. The highest BCUT2D eigenvalue weighted by Crippen LogP contribution is 2.24. The van der Waals surface area contributed by atoms with Crippen molar-refractivity contribution in [3.8, 4) is 0 Å². The Kier molecular flexibility index (Phi) is 4.98. The van der Waals surface area contributed by atoms with Crippen LogP contribution in [0.3, 0.4) is 0 Å². The van der Waals surface area contributed by atoms with Crippen molar-refractivity contribution < 1.29 is 23.8 Å². The minimum atomic E-state index is -1.22. The number of benzene rings is 1. The molecule has 0 amide bonds. The van der Waals surface area contributed by atoms with Crippen LogP contribution in [-0.2, 0) is 30.4 Å². The van der Waals surface area contributed by atoms with Crippen LogP contribution in [-0.4, -0.2) is 24.3 Å². The molecule has 0 saturated carbocycles. The van der Waals surface area contributed by atoms with E-state index in [-0.39, 0.29) is 5.57 Å². The fourth-order valence-corrected chi connectivity index (χ4v) is 2.05. The summed E-state index contributed by atoms with van der Waals surface area (Å²) in [4.78, 5) is 23.8. The largest absolute Gasteiger partial charge is 0.419 e. The summed E-state index contributed by atoms with van der Waals surface area (Å²) in [5.41, 5.74) is 1.59. The van der Waals surface area contributed by atoms with Crippen LogP contribution in [0.4, 0.5) is 0 Å². The molecule has 22 heavy (non-hydrogen) atoms. The molecule has 0 bridgehead atoms. The summed E-state index contributed by atoms with van der Waals surface area (Å²) >= 11 is 0. The van der Waals surface area contributed by atoms with Gasteiger partial charge in [0, 0.05) is 20.5 Å². The van der Waals surface area contributed by atoms with E-state index in [1.165, 1.54) is 19.9 Å². The molecule has 0 aromatic heterocycles. The van der Waals surface area contributed by atoms with Gasteiger partial charge in [-0.25, -0.2) is 9.59 Å². The summed E-state index contributed by atoms with van der Waals surface area (Å²) in [6.45, 7) is 6.27. The van der Waals surface area contributed by atoms with Crippen LogP contribution in [0, 0.1) is 0 Å². The molecule has 0 atom stereocenters. The fourth-order valence-electron chi connectivity index (χ4n) is 2.05. The van der Waals surface area contributed by atoms with Crippen LogP contribution in [0.5, 0.6) is 0 Å². The van der Waals surface area contributed by atoms with Crippen molar-refractivity contribution >= 4 is 18.0 Å². The predicted octanol–water partition coefficient (Wildman–Crippen LogP) is 2.83. The van der Waals surface area contributed by atoms with Crippen LogP contribution in [0.1, 0.15) is 38.3 Å². The van der Waals surface area contributed by atoms with E-state index in [9.17, 15) is 9.59 Å². The van der Waals surface area contributed by atoms with Gasteiger partial charge in [0.2, 0.25) is 0 Å². The maximum atomic E-state index is 11.9. The number of carbonyl (C=O) groups is 2. The summed E-state index contributed by atoms with van der Waals surface area (Å²) in [5.74, 6) is -2.57. The van der Waals surface area contributed by atoms with E-state index in [0.29, 0.717) is 13.2 Å².